The molecule has 1 N–H and O–H groups in total. The first-order valence-corrected chi connectivity index (χ1v) is 12.1. The van der Waals surface area contributed by atoms with E-state index in [1.165, 1.54) is 0 Å². The molecule has 0 fully saturated rings. The Kier molecular flexibility index (Phi) is 9.03. The van der Waals surface area contributed by atoms with Crippen molar-refractivity contribution >= 4 is 11.8 Å². The van der Waals surface area contributed by atoms with Gasteiger partial charge in [-0.1, -0.05) is 91.9 Å². The molecule has 178 valence electrons. The Labute approximate surface area is 204 Å². The molecule has 3 rings (SSSR count). The molecule has 34 heavy (non-hydrogen) atoms. The van der Waals surface area contributed by atoms with Crippen LogP contribution in [0.25, 0.3) is 0 Å². The fraction of sp³-hybridized carbons (Fsp3) is 0.333. The van der Waals surface area contributed by atoms with Crippen LogP contribution >= 0.6 is 0 Å². The Hall–Kier alpha value is -3.40. The van der Waals surface area contributed by atoms with Crippen molar-refractivity contribution in [2.24, 2.45) is 0 Å². The molecule has 3 aromatic rings. The van der Waals surface area contributed by atoms with Crippen LogP contribution < -0.4 is 5.32 Å². The second-order valence-electron chi connectivity index (χ2n) is 9.02. The zero-order chi connectivity index (χ0) is 24.5. The fourth-order valence-electron chi connectivity index (χ4n) is 4.11. The van der Waals surface area contributed by atoms with Gasteiger partial charge in [0.15, 0.2) is 0 Å². The zero-order valence-electron chi connectivity index (χ0n) is 20.7. The topological polar surface area (TPSA) is 49.4 Å². The van der Waals surface area contributed by atoms with Crippen LogP contribution in [0, 0.1) is 6.92 Å². The number of aryl methyl sites for hydroxylation is 1. The van der Waals surface area contributed by atoms with Gasteiger partial charge in [-0.15, -0.1) is 0 Å². The smallest absolute Gasteiger partial charge is 0.242 e. The van der Waals surface area contributed by atoms with E-state index in [0.717, 1.165) is 28.7 Å². The van der Waals surface area contributed by atoms with Crippen LogP contribution in [0.15, 0.2) is 84.9 Å². The molecule has 0 aromatic heterocycles. The molecule has 0 heterocycles. The van der Waals surface area contributed by atoms with Gasteiger partial charge < -0.3 is 10.2 Å². The van der Waals surface area contributed by atoms with Crippen molar-refractivity contribution in [3.8, 4) is 0 Å². The van der Waals surface area contributed by atoms with Gasteiger partial charge in [0.2, 0.25) is 11.8 Å². The number of rotatable bonds is 10. The number of amides is 2. The second-order valence-corrected chi connectivity index (χ2v) is 9.02. The predicted octanol–water partition coefficient (Wildman–Crippen LogP) is 5.85. The maximum absolute atomic E-state index is 13.9. The molecule has 0 aliphatic rings. The fourth-order valence-corrected chi connectivity index (χ4v) is 4.11. The minimum absolute atomic E-state index is 0.0345. The number of benzene rings is 3. The molecule has 0 unspecified atom stereocenters. The molecule has 0 aliphatic carbocycles. The summed E-state index contributed by atoms with van der Waals surface area (Å²) in [5.41, 5.74) is 4.34. The van der Waals surface area contributed by atoms with E-state index < -0.39 is 6.04 Å². The van der Waals surface area contributed by atoms with E-state index in [1.807, 2.05) is 88.4 Å². The lowest BCUT2D eigenvalue weighted by Gasteiger charge is -2.31. The Bertz CT molecular complexity index is 1030. The van der Waals surface area contributed by atoms with Crippen LogP contribution in [0.3, 0.4) is 0 Å². The molecule has 3 aromatic carbocycles. The summed E-state index contributed by atoms with van der Waals surface area (Å²) in [7, 11) is 0. The quantitative estimate of drug-likeness (QED) is 0.416. The van der Waals surface area contributed by atoms with Crippen LogP contribution in [0.5, 0.6) is 0 Å². The number of hydrogen-bond acceptors (Lipinski definition) is 2. The summed E-state index contributed by atoms with van der Waals surface area (Å²) in [6.45, 7) is 8.29. The van der Waals surface area contributed by atoms with E-state index in [2.05, 4.69) is 29.6 Å². The Morgan fingerprint density at radius 1 is 0.824 bits per heavy atom. The maximum Gasteiger partial charge on any atom is 0.242 e. The lowest BCUT2D eigenvalue weighted by atomic mass is 9.88. The number of carbonyl (C=O) groups excluding carboxylic acids is 2. The molecule has 4 nitrogen and oxygen atoms in total. The molecule has 2 atom stereocenters. The highest BCUT2D eigenvalue weighted by Gasteiger charge is 2.29. The van der Waals surface area contributed by atoms with Crippen LogP contribution in [-0.4, -0.2) is 28.8 Å². The minimum atomic E-state index is -0.576. The summed E-state index contributed by atoms with van der Waals surface area (Å²) in [4.78, 5) is 28.7. The summed E-state index contributed by atoms with van der Waals surface area (Å²) in [5.74, 6) is -0.237. The molecule has 0 spiro atoms. The molecule has 0 aliphatic heterocycles. The van der Waals surface area contributed by atoms with Crippen molar-refractivity contribution in [2.75, 3.05) is 0 Å². The maximum atomic E-state index is 13.9. The molecule has 0 saturated heterocycles. The van der Waals surface area contributed by atoms with E-state index in [1.54, 1.807) is 4.90 Å². The van der Waals surface area contributed by atoms with Crippen molar-refractivity contribution in [3.05, 3.63) is 107 Å². The highest BCUT2D eigenvalue weighted by molar-refractivity contribution is 5.88. The van der Waals surface area contributed by atoms with Gasteiger partial charge in [-0.25, -0.2) is 0 Å². The third-order valence-corrected chi connectivity index (χ3v) is 6.55. The Balaban J connectivity index is 1.92. The van der Waals surface area contributed by atoms with Gasteiger partial charge in [0, 0.05) is 24.9 Å². The number of hydrogen-bond donors (Lipinski definition) is 1. The van der Waals surface area contributed by atoms with Crippen molar-refractivity contribution in [1.29, 1.82) is 0 Å². The van der Waals surface area contributed by atoms with Crippen molar-refractivity contribution in [2.45, 2.75) is 65.1 Å². The normalized spacial score (nSPS) is 12.7. The van der Waals surface area contributed by atoms with Crippen LogP contribution in [-0.2, 0) is 16.1 Å². The third-order valence-electron chi connectivity index (χ3n) is 6.55. The molecule has 4 heteroatoms. The average molecular weight is 457 g/mol. The second kappa shape index (κ2) is 12.2. The summed E-state index contributed by atoms with van der Waals surface area (Å²) in [6.07, 6.45) is 1.13. The average Bonchev–Trinajstić information content (AvgIpc) is 2.87. The van der Waals surface area contributed by atoms with Gasteiger partial charge in [-0.05, 0) is 49.4 Å². The van der Waals surface area contributed by atoms with Gasteiger partial charge in [0.1, 0.15) is 6.04 Å². The molecular weight excluding hydrogens is 420 g/mol. The molecule has 0 radical (unpaired) electrons. The van der Waals surface area contributed by atoms with Crippen molar-refractivity contribution in [3.63, 3.8) is 0 Å². The Morgan fingerprint density at radius 3 is 1.88 bits per heavy atom. The van der Waals surface area contributed by atoms with E-state index in [0.29, 0.717) is 13.0 Å². The van der Waals surface area contributed by atoms with E-state index in [-0.39, 0.29) is 23.8 Å². The third kappa shape index (κ3) is 6.57. The molecule has 0 bridgehead atoms. The predicted molar refractivity (Wildman–Crippen MR) is 138 cm³/mol. The summed E-state index contributed by atoms with van der Waals surface area (Å²) in [5, 5.41) is 3.05. The van der Waals surface area contributed by atoms with Gasteiger partial charge >= 0.3 is 0 Å². The monoisotopic (exact) mass is 456 g/mol. The van der Waals surface area contributed by atoms with Crippen LogP contribution in [0.1, 0.15) is 61.8 Å². The molecule has 0 saturated carbocycles. The summed E-state index contributed by atoms with van der Waals surface area (Å²) >= 11 is 0. The van der Waals surface area contributed by atoms with Crippen LogP contribution in [0.2, 0.25) is 0 Å². The first-order valence-electron chi connectivity index (χ1n) is 12.1. The summed E-state index contributed by atoms with van der Waals surface area (Å²) < 4.78 is 0. The molecule has 2 amide bonds. The number of carbonyl (C=O) groups is 2. The van der Waals surface area contributed by atoms with Gasteiger partial charge in [-0.3, -0.25) is 9.59 Å². The first kappa shape index (κ1) is 25.2. The van der Waals surface area contributed by atoms with Gasteiger partial charge in [0.05, 0.1) is 0 Å². The van der Waals surface area contributed by atoms with E-state index in [4.69, 9.17) is 0 Å². The first-order chi connectivity index (χ1) is 16.4. The lowest BCUT2D eigenvalue weighted by Crippen LogP contribution is -2.49. The number of nitrogens with zero attached hydrogens (tertiary/aromatic N) is 1. The minimum Gasteiger partial charge on any atom is -0.352 e. The molecular formula is C30H36N2O2. The van der Waals surface area contributed by atoms with Gasteiger partial charge in [-0.2, -0.15) is 0 Å². The van der Waals surface area contributed by atoms with Crippen molar-refractivity contribution in [1.82, 2.24) is 10.2 Å². The number of nitrogens with one attached hydrogen (secondary N) is 1. The zero-order valence-corrected chi connectivity index (χ0v) is 20.7. The summed E-state index contributed by atoms with van der Waals surface area (Å²) in [6, 6.07) is 27.8. The van der Waals surface area contributed by atoms with E-state index >= 15 is 0 Å². The standard InChI is InChI=1S/C30H36N2O2/c1-5-23(3)31-30(34)24(4)32(21-27-19-13-12-14-22(27)2)29(33)20-28(25-15-8-6-9-16-25)26-17-10-7-11-18-26/h6-19,23-24,28H,5,20-21H2,1-4H3,(H,31,34)/t23-,24+/m0/s1. The van der Waals surface area contributed by atoms with Crippen LogP contribution in [0.4, 0.5) is 0 Å². The van der Waals surface area contributed by atoms with E-state index in [9.17, 15) is 9.59 Å². The Morgan fingerprint density at radius 2 is 1.35 bits per heavy atom. The SMILES string of the molecule is CC[C@H](C)NC(=O)[C@@H](C)N(Cc1ccccc1C)C(=O)CC(c1ccccc1)c1ccccc1. The highest BCUT2D eigenvalue weighted by atomic mass is 16.2. The van der Waals surface area contributed by atoms with Crippen molar-refractivity contribution < 1.29 is 9.59 Å². The van der Waals surface area contributed by atoms with Gasteiger partial charge in [0.25, 0.3) is 0 Å². The lowest BCUT2D eigenvalue weighted by molar-refractivity contribution is -0.141. The highest BCUT2D eigenvalue weighted by Crippen LogP contribution is 2.29. The largest absolute Gasteiger partial charge is 0.352 e.